The van der Waals surface area contributed by atoms with Crippen molar-refractivity contribution in [1.82, 2.24) is 4.98 Å². The molecule has 8 heteroatoms. The molecule has 0 fully saturated rings. The van der Waals surface area contributed by atoms with Gasteiger partial charge in [0.1, 0.15) is 0 Å². The molecule has 1 aromatic heterocycles. The molecule has 0 bridgehead atoms. The molecular formula is C30H23F3N4O. The second kappa shape index (κ2) is 9.99. The number of hydrogen-bond acceptors (Lipinski definition) is 3. The second-order valence-electron chi connectivity index (χ2n) is 8.67. The van der Waals surface area contributed by atoms with Crippen LogP contribution in [0.5, 0.6) is 0 Å². The van der Waals surface area contributed by atoms with Crippen molar-refractivity contribution in [2.24, 2.45) is 11.5 Å². The summed E-state index contributed by atoms with van der Waals surface area (Å²) < 4.78 is 41.8. The minimum Gasteiger partial charge on any atom is -0.351 e. The standard InChI is InChI=1S/C30H23F3N4O/c31-30(32,33)26-15-7-14-24-27(25(18-36-28(24)26)23-13-5-4-8-20(23)17-34)19-9-6-12-22(16-19)37(29(35)38)21-10-2-1-3-11-21/h1-16,18H,17,34H2,(H2,35,38). The van der Waals surface area contributed by atoms with Gasteiger partial charge in [-0.3, -0.25) is 9.88 Å². The molecule has 0 saturated carbocycles. The first-order chi connectivity index (χ1) is 18.3. The Balaban J connectivity index is 1.82. The summed E-state index contributed by atoms with van der Waals surface area (Å²) in [5, 5.41) is 0.326. The number of rotatable bonds is 5. The molecule has 5 rings (SSSR count). The van der Waals surface area contributed by atoms with Crippen LogP contribution in [0.1, 0.15) is 11.1 Å². The highest BCUT2D eigenvalue weighted by Crippen LogP contribution is 2.43. The zero-order valence-corrected chi connectivity index (χ0v) is 20.1. The fourth-order valence-corrected chi connectivity index (χ4v) is 4.71. The molecule has 38 heavy (non-hydrogen) atoms. The Morgan fingerprint density at radius 3 is 2.21 bits per heavy atom. The SMILES string of the molecule is NCc1ccccc1-c1cnc2c(C(F)(F)F)cccc2c1-c1cccc(N(C(N)=O)c2ccccc2)c1. The Labute approximate surface area is 217 Å². The van der Waals surface area contributed by atoms with Gasteiger partial charge in [0.15, 0.2) is 0 Å². The predicted molar refractivity (Wildman–Crippen MR) is 144 cm³/mol. The molecule has 190 valence electrons. The predicted octanol–water partition coefficient (Wildman–Crippen LogP) is 7.26. The minimum absolute atomic E-state index is 0.163. The summed E-state index contributed by atoms with van der Waals surface area (Å²) >= 11 is 0. The number of benzene rings is 4. The molecule has 0 unspecified atom stereocenters. The number of carbonyl (C=O) groups is 1. The Hall–Kier alpha value is -4.69. The third-order valence-electron chi connectivity index (χ3n) is 6.36. The van der Waals surface area contributed by atoms with Gasteiger partial charge in [0.05, 0.1) is 22.5 Å². The number of carbonyl (C=O) groups excluding carboxylic acids is 1. The van der Waals surface area contributed by atoms with Crippen LogP contribution in [0.3, 0.4) is 0 Å². The number of primary amides is 1. The number of halogens is 3. The summed E-state index contributed by atoms with van der Waals surface area (Å²) in [6.07, 6.45) is -3.13. The zero-order valence-electron chi connectivity index (χ0n) is 20.1. The molecule has 0 atom stereocenters. The highest BCUT2D eigenvalue weighted by atomic mass is 19.4. The van der Waals surface area contributed by atoms with Gasteiger partial charge in [-0.15, -0.1) is 0 Å². The third kappa shape index (κ3) is 4.57. The number of anilines is 2. The number of hydrogen-bond donors (Lipinski definition) is 2. The van der Waals surface area contributed by atoms with Crippen molar-refractivity contribution in [2.75, 3.05) is 4.90 Å². The van der Waals surface area contributed by atoms with Gasteiger partial charge in [0.25, 0.3) is 0 Å². The number of pyridine rings is 1. The largest absolute Gasteiger partial charge is 0.418 e. The van der Waals surface area contributed by atoms with Gasteiger partial charge in [0, 0.05) is 29.3 Å². The monoisotopic (exact) mass is 512 g/mol. The molecular weight excluding hydrogens is 489 g/mol. The summed E-state index contributed by atoms with van der Waals surface area (Å²) in [4.78, 5) is 18.1. The first-order valence-electron chi connectivity index (χ1n) is 11.8. The van der Waals surface area contributed by atoms with E-state index in [9.17, 15) is 18.0 Å². The first-order valence-corrected chi connectivity index (χ1v) is 11.8. The average molecular weight is 513 g/mol. The topological polar surface area (TPSA) is 85.2 Å². The Morgan fingerprint density at radius 1 is 0.816 bits per heavy atom. The number of aromatic nitrogens is 1. The van der Waals surface area contributed by atoms with E-state index in [1.165, 1.54) is 17.2 Å². The van der Waals surface area contributed by atoms with Crippen LogP contribution in [0.2, 0.25) is 0 Å². The number of fused-ring (bicyclic) bond motifs is 1. The number of urea groups is 1. The van der Waals surface area contributed by atoms with Gasteiger partial charge >= 0.3 is 12.2 Å². The number of nitrogens with zero attached hydrogens (tertiary/aromatic N) is 2. The van der Waals surface area contributed by atoms with Crippen molar-refractivity contribution >= 4 is 28.3 Å². The van der Waals surface area contributed by atoms with E-state index in [-0.39, 0.29) is 12.1 Å². The number of nitrogens with two attached hydrogens (primary N) is 2. The smallest absolute Gasteiger partial charge is 0.351 e. The van der Waals surface area contributed by atoms with Gasteiger partial charge in [-0.2, -0.15) is 13.2 Å². The van der Waals surface area contributed by atoms with E-state index in [1.807, 2.05) is 30.3 Å². The number of para-hydroxylation sites is 2. The molecule has 0 aliphatic heterocycles. The van der Waals surface area contributed by atoms with Gasteiger partial charge in [0.2, 0.25) is 0 Å². The Bertz CT molecular complexity index is 1630. The summed E-state index contributed by atoms with van der Waals surface area (Å²) in [7, 11) is 0. The summed E-state index contributed by atoms with van der Waals surface area (Å²) in [6, 6.07) is 26.6. The van der Waals surface area contributed by atoms with Crippen molar-refractivity contribution in [3.05, 3.63) is 114 Å². The lowest BCUT2D eigenvalue weighted by molar-refractivity contribution is -0.136. The number of alkyl halides is 3. The van der Waals surface area contributed by atoms with Crippen molar-refractivity contribution in [1.29, 1.82) is 0 Å². The average Bonchev–Trinajstić information content (AvgIpc) is 2.92. The van der Waals surface area contributed by atoms with E-state index in [1.54, 1.807) is 54.6 Å². The lowest BCUT2D eigenvalue weighted by Crippen LogP contribution is -2.31. The van der Waals surface area contributed by atoms with E-state index in [0.717, 1.165) is 17.2 Å². The molecule has 5 aromatic rings. The highest BCUT2D eigenvalue weighted by molar-refractivity contribution is 6.05. The molecule has 0 saturated heterocycles. The molecule has 1 heterocycles. The Morgan fingerprint density at radius 2 is 1.50 bits per heavy atom. The quantitative estimate of drug-likeness (QED) is 0.260. The van der Waals surface area contributed by atoms with Crippen molar-refractivity contribution in [3.8, 4) is 22.3 Å². The molecule has 5 nitrogen and oxygen atoms in total. The first kappa shape index (κ1) is 25.0. The summed E-state index contributed by atoms with van der Waals surface area (Å²) in [5.41, 5.74) is 15.1. The zero-order chi connectivity index (χ0) is 26.9. The Kier molecular flexibility index (Phi) is 6.57. The molecule has 2 amide bonds. The fraction of sp³-hybridized carbons (Fsp3) is 0.0667. The second-order valence-corrected chi connectivity index (χ2v) is 8.67. The lowest BCUT2D eigenvalue weighted by Gasteiger charge is -2.22. The summed E-state index contributed by atoms with van der Waals surface area (Å²) in [6.45, 7) is 0.236. The lowest BCUT2D eigenvalue weighted by atomic mass is 9.89. The highest BCUT2D eigenvalue weighted by Gasteiger charge is 2.34. The van der Waals surface area contributed by atoms with Crippen LogP contribution in [-0.4, -0.2) is 11.0 Å². The molecule has 0 spiro atoms. The molecule has 0 radical (unpaired) electrons. The van der Waals surface area contributed by atoms with Crippen molar-refractivity contribution < 1.29 is 18.0 Å². The molecule has 4 N–H and O–H groups in total. The van der Waals surface area contributed by atoms with E-state index in [2.05, 4.69) is 4.98 Å². The maximum atomic E-state index is 13.9. The maximum absolute atomic E-state index is 13.9. The van der Waals surface area contributed by atoms with Gasteiger partial charge in [-0.05, 0) is 47.0 Å². The molecule has 0 aliphatic carbocycles. The molecule has 4 aromatic carbocycles. The van der Waals surface area contributed by atoms with Crippen LogP contribution in [0.4, 0.5) is 29.3 Å². The van der Waals surface area contributed by atoms with E-state index < -0.39 is 17.8 Å². The summed E-state index contributed by atoms with van der Waals surface area (Å²) in [5.74, 6) is 0. The van der Waals surface area contributed by atoms with Crippen molar-refractivity contribution in [2.45, 2.75) is 12.7 Å². The number of amides is 2. The van der Waals surface area contributed by atoms with E-state index in [0.29, 0.717) is 33.5 Å². The molecule has 0 aliphatic rings. The normalized spacial score (nSPS) is 11.5. The van der Waals surface area contributed by atoms with Gasteiger partial charge in [-0.25, -0.2) is 4.79 Å². The van der Waals surface area contributed by atoms with Gasteiger partial charge < -0.3 is 11.5 Å². The van der Waals surface area contributed by atoms with Gasteiger partial charge in [-0.1, -0.05) is 66.7 Å². The third-order valence-corrected chi connectivity index (χ3v) is 6.36. The van der Waals surface area contributed by atoms with Crippen LogP contribution >= 0.6 is 0 Å². The van der Waals surface area contributed by atoms with E-state index in [4.69, 9.17) is 11.5 Å². The van der Waals surface area contributed by atoms with Crippen LogP contribution in [0, 0.1) is 0 Å². The van der Waals surface area contributed by atoms with Crippen LogP contribution in [-0.2, 0) is 12.7 Å². The van der Waals surface area contributed by atoms with Crippen molar-refractivity contribution in [3.63, 3.8) is 0 Å². The fourth-order valence-electron chi connectivity index (χ4n) is 4.71. The van der Waals surface area contributed by atoms with E-state index >= 15 is 0 Å². The minimum atomic E-state index is -4.58. The van der Waals surface area contributed by atoms with Crippen LogP contribution < -0.4 is 16.4 Å². The maximum Gasteiger partial charge on any atom is 0.418 e. The van der Waals surface area contributed by atoms with Crippen LogP contribution in [0.15, 0.2) is 103 Å². The van der Waals surface area contributed by atoms with Crippen LogP contribution in [0.25, 0.3) is 33.2 Å².